The lowest BCUT2D eigenvalue weighted by molar-refractivity contribution is 0.144. The summed E-state index contributed by atoms with van der Waals surface area (Å²) in [4.78, 5) is 1.10. The molecule has 0 aliphatic carbocycles. The molecule has 0 spiro atoms. The smallest absolute Gasteiger partial charge is 0.120 e. The van der Waals surface area contributed by atoms with E-state index < -0.39 is 5.60 Å². The van der Waals surface area contributed by atoms with Gasteiger partial charge in [-0.1, -0.05) is 24.1 Å². The number of thioether (sulfide) groups is 1. The van der Waals surface area contributed by atoms with E-state index in [4.69, 9.17) is 0 Å². The molecular weight excluding hydrogens is 180 g/mol. The van der Waals surface area contributed by atoms with Crippen molar-refractivity contribution in [1.29, 1.82) is 0 Å². The number of rotatable bonds is 1. The molecule has 0 atom stereocenters. The van der Waals surface area contributed by atoms with E-state index in [9.17, 15) is 5.11 Å². The Kier molecular flexibility index (Phi) is 3.41. The molecule has 1 aromatic carbocycles. The summed E-state index contributed by atoms with van der Waals surface area (Å²) in [6, 6.07) is 9.88. The van der Waals surface area contributed by atoms with Crippen LogP contribution in [0.15, 0.2) is 35.2 Å². The van der Waals surface area contributed by atoms with Crippen LogP contribution in [0.1, 0.15) is 13.8 Å². The van der Waals surface area contributed by atoms with E-state index >= 15 is 0 Å². The largest absolute Gasteiger partial charge is 0.378 e. The lowest BCUT2D eigenvalue weighted by atomic mass is 10.2. The average Bonchev–Trinajstić information content (AvgIpc) is 2.04. The van der Waals surface area contributed by atoms with Gasteiger partial charge in [0.1, 0.15) is 5.60 Å². The molecule has 0 amide bonds. The van der Waals surface area contributed by atoms with Crippen LogP contribution < -0.4 is 0 Å². The third-order valence-corrected chi connectivity index (χ3v) is 1.98. The monoisotopic (exact) mass is 192 g/mol. The predicted molar refractivity (Wildman–Crippen MR) is 56.4 cm³/mol. The van der Waals surface area contributed by atoms with Gasteiger partial charge in [-0.15, -0.1) is 0 Å². The SMILES string of the molecule is CC(C)(O)C#CSc1ccccc1. The van der Waals surface area contributed by atoms with Crippen molar-refractivity contribution < 1.29 is 5.11 Å². The molecule has 68 valence electrons. The van der Waals surface area contributed by atoms with Gasteiger partial charge in [0.05, 0.1) is 0 Å². The van der Waals surface area contributed by atoms with Gasteiger partial charge in [-0.3, -0.25) is 0 Å². The van der Waals surface area contributed by atoms with Crippen LogP contribution >= 0.6 is 11.8 Å². The normalized spacial score (nSPS) is 10.4. The molecule has 0 fully saturated rings. The Labute approximate surface area is 83.2 Å². The van der Waals surface area contributed by atoms with Gasteiger partial charge in [0.25, 0.3) is 0 Å². The van der Waals surface area contributed by atoms with Gasteiger partial charge in [-0.25, -0.2) is 0 Å². The maximum atomic E-state index is 9.31. The zero-order valence-corrected chi connectivity index (χ0v) is 8.56. The number of aliphatic hydroxyl groups is 1. The first kappa shape index (κ1) is 10.2. The molecule has 1 N–H and O–H groups in total. The van der Waals surface area contributed by atoms with Crippen molar-refractivity contribution in [1.82, 2.24) is 0 Å². The average molecular weight is 192 g/mol. The Bertz CT molecular complexity index is 313. The maximum Gasteiger partial charge on any atom is 0.120 e. The van der Waals surface area contributed by atoms with Crippen LogP contribution in [0, 0.1) is 11.2 Å². The molecule has 1 nitrogen and oxygen atoms in total. The summed E-state index contributed by atoms with van der Waals surface area (Å²) >= 11 is 1.43. The molecule has 0 heterocycles. The molecule has 0 saturated heterocycles. The minimum Gasteiger partial charge on any atom is -0.378 e. The number of hydrogen-bond donors (Lipinski definition) is 1. The van der Waals surface area contributed by atoms with Crippen molar-refractivity contribution in [2.45, 2.75) is 24.3 Å². The van der Waals surface area contributed by atoms with Crippen molar-refractivity contribution in [3.8, 4) is 11.2 Å². The first-order valence-corrected chi connectivity index (χ1v) is 4.86. The van der Waals surface area contributed by atoms with Crippen molar-refractivity contribution in [2.24, 2.45) is 0 Å². The van der Waals surface area contributed by atoms with Crippen LogP contribution in [-0.2, 0) is 0 Å². The van der Waals surface area contributed by atoms with Crippen LogP contribution in [0.25, 0.3) is 0 Å². The summed E-state index contributed by atoms with van der Waals surface area (Å²) in [7, 11) is 0. The van der Waals surface area contributed by atoms with E-state index in [1.807, 2.05) is 30.3 Å². The highest BCUT2D eigenvalue weighted by Gasteiger charge is 2.05. The van der Waals surface area contributed by atoms with Crippen molar-refractivity contribution in [2.75, 3.05) is 0 Å². The Hall–Kier alpha value is -0.910. The van der Waals surface area contributed by atoms with E-state index in [-0.39, 0.29) is 0 Å². The fraction of sp³-hybridized carbons (Fsp3) is 0.273. The summed E-state index contributed by atoms with van der Waals surface area (Å²) in [5.41, 5.74) is -0.901. The van der Waals surface area contributed by atoms with E-state index in [2.05, 4.69) is 11.2 Å². The molecule has 0 radical (unpaired) electrons. The summed E-state index contributed by atoms with van der Waals surface area (Å²) in [5, 5.41) is 12.2. The number of benzene rings is 1. The number of hydrogen-bond acceptors (Lipinski definition) is 2. The first-order valence-electron chi connectivity index (χ1n) is 4.04. The molecule has 0 aliphatic heterocycles. The van der Waals surface area contributed by atoms with Crippen LogP contribution in [0.3, 0.4) is 0 Å². The van der Waals surface area contributed by atoms with Gasteiger partial charge in [-0.2, -0.15) is 0 Å². The lowest BCUT2D eigenvalue weighted by Gasteiger charge is -2.05. The summed E-state index contributed by atoms with van der Waals surface area (Å²) in [6.07, 6.45) is 0. The van der Waals surface area contributed by atoms with Crippen LogP contribution in [0.5, 0.6) is 0 Å². The van der Waals surface area contributed by atoms with Gasteiger partial charge in [0.15, 0.2) is 0 Å². The Morgan fingerprint density at radius 3 is 2.38 bits per heavy atom. The zero-order valence-electron chi connectivity index (χ0n) is 7.74. The molecule has 13 heavy (non-hydrogen) atoms. The summed E-state index contributed by atoms with van der Waals surface area (Å²) in [6.45, 7) is 3.34. The standard InChI is InChI=1S/C11H12OS/c1-11(2,12)8-9-13-10-6-4-3-5-7-10/h3-7,12H,1-2H3. The third-order valence-electron chi connectivity index (χ3n) is 1.27. The van der Waals surface area contributed by atoms with Crippen LogP contribution in [0.4, 0.5) is 0 Å². The molecule has 2 heteroatoms. The van der Waals surface area contributed by atoms with E-state index in [0.29, 0.717) is 0 Å². The van der Waals surface area contributed by atoms with Gasteiger partial charge in [-0.05, 0) is 43.0 Å². The molecular formula is C11H12OS. The molecule has 1 aromatic rings. The highest BCUT2D eigenvalue weighted by atomic mass is 32.2. The minimum atomic E-state index is -0.901. The molecule has 0 unspecified atom stereocenters. The lowest BCUT2D eigenvalue weighted by Crippen LogP contribution is -2.14. The minimum absolute atomic E-state index is 0.901. The quantitative estimate of drug-likeness (QED) is 0.545. The van der Waals surface area contributed by atoms with Crippen LogP contribution in [0.2, 0.25) is 0 Å². The fourth-order valence-electron chi connectivity index (χ4n) is 0.698. The third kappa shape index (κ3) is 4.62. The van der Waals surface area contributed by atoms with Crippen LogP contribution in [-0.4, -0.2) is 10.7 Å². The molecule has 0 aromatic heterocycles. The Morgan fingerprint density at radius 2 is 1.85 bits per heavy atom. The second-order valence-electron chi connectivity index (χ2n) is 3.20. The maximum absolute atomic E-state index is 9.31. The zero-order chi connectivity index (χ0) is 9.73. The van der Waals surface area contributed by atoms with Gasteiger partial charge in [0, 0.05) is 4.90 Å². The second kappa shape index (κ2) is 4.36. The van der Waals surface area contributed by atoms with E-state index in [1.165, 1.54) is 11.8 Å². The van der Waals surface area contributed by atoms with Crippen molar-refractivity contribution in [3.63, 3.8) is 0 Å². The summed E-state index contributed by atoms with van der Waals surface area (Å²) in [5.74, 6) is 2.74. The Balaban J connectivity index is 2.56. The molecule has 0 saturated carbocycles. The second-order valence-corrected chi connectivity index (χ2v) is 4.08. The van der Waals surface area contributed by atoms with Gasteiger partial charge >= 0.3 is 0 Å². The van der Waals surface area contributed by atoms with E-state index in [1.54, 1.807) is 13.8 Å². The fourth-order valence-corrected chi connectivity index (χ4v) is 1.41. The predicted octanol–water partition coefficient (Wildman–Crippen LogP) is 2.51. The van der Waals surface area contributed by atoms with Gasteiger partial charge in [0.2, 0.25) is 0 Å². The highest BCUT2D eigenvalue weighted by molar-refractivity contribution is 8.03. The Morgan fingerprint density at radius 1 is 1.23 bits per heavy atom. The molecule has 1 rings (SSSR count). The van der Waals surface area contributed by atoms with Gasteiger partial charge < -0.3 is 5.11 Å². The first-order chi connectivity index (χ1) is 6.08. The highest BCUT2D eigenvalue weighted by Crippen LogP contribution is 2.15. The summed E-state index contributed by atoms with van der Waals surface area (Å²) < 4.78 is 0. The van der Waals surface area contributed by atoms with Crippen molar-refractivity contribution >= 4 is 11.8 Å². The van der Waals surface area contributed by atoms with Crippen molar-refractivity contribution in [3.05, 3.63) is 30.3 Å². The molecule has 0 aliphatic rings. The molecule has 0 bridgehead atoms. The van der Waals surface area contributed by atoms with E-state index in [0.717, 1.165) is 4.90 Å². The topological polar surface area (TPSA) is 20.2 Å².